The minimum absolute atomic E-state index is 0.0113. The molecule has 78 valence electrons. The van der Waals surface area contributed by atoms with E-state index >= 15 is 0 Å². The van der Waals surface area contributed by atoms with E-state index in [-0.39, 0.29) is 6.10 Å². The van der Waals surface area contributed by atoms with Crippen LogP contribution in [0.25, 0.3) is 0 Å². The second kappa shape index (κ2) is 3.22. The van der Waals surface area contributed by atoms with Gasteiger partial charge in [-0.2, -0.15) is 4.31 Å². The Hall–Kier alpha value is -0.130. The Morgan fingerprint density at radius 2 is 2.00 bits per heavy atom. The molecule has 0 aliphatic carbocycles. The second-order valence-corrected chi connectivity index (χ2v) is 6.13. The first-order valence-electron chi connectivity index (χ1n) is 4.33. The van der Waals surface area contributed by atoms with Gasteiger partial charge < -0.3 is 4.74 Å². The summed E-state index contributed by atoms with van der Waals surface area (Å²) in [4.78, 5) is 0. The first-order valence-corrected chi connectivity index (χ1v) is 6.18. The van der Waals surface area contributed by atoms with Crippen LogP contribution < -0.4 is 0 Å². The van der Waals surface area contributed by atoms with Gasteiger partial charge in [0.25, 0.3) is 0 Å². The average molecular weight is 207 g/mol. The van der Waals surface area contributed by atoms with E-state index in [1.165, 1.54) is 10.6 Å². The van der Waals surface area contributed by atoms with Crippen LogP contribution in [0.2, 0.25) is 0 Å². The number of morpholine rings is 1. The molecular weight excluding hydrogens is 190 g/mol. The van der Waals surface area contributed by atoms with Crippen molar-refractivity contribution in [1.29, 1.82) is 0 Å². The van der Waals surface area contributed by atoms with E-state index < -0.39 is 15.6 Å². The van der Waals surface area contributed by atoms with Crippen molar-refractivity contribution >= 4 is 10.0 Å². The summed E-state index contributed by atoms with van der Waals surface area (Å²) in [7, 11) is -3.11. The standard InChI is InChI=1S/C8H17NO3S/c1-7-5-9(13(4,10)11)8(2,3)6-12-7/h7H,5-6H2,1-4H3. The van der Waals surface area contributed by atoms with Crippen LogP contribution in [0.4, 0.5) is 0 Å². The van der Waals surface area contributed by atoms with Crippen LogP contribution in [0.15, 0.2) is 0 Å². The van der Waals surface area contributed by atoms with Gasteiger partial charge in [0.2, 0.25) is 10.0 Å². The summed E-state index contributed by atoms with van der Waals surface area (Å²) in [6.45, 7) is 6.54. The third-order valence-electron chi connectivity index (χ3n) is 2.22. The van der Waals surface area contributed by atoms with E-state index in [1.54, 1.807) is 0 Å². The molecular formula is C8H17NO3S. The van der Waals surface area contributed by atoms with Crippen molar-refractivity contribution in [2.75, 3.05) is 19.4 Å². The van der Waals surface area contributed by atoms with Crippen molar-refractivity contribution < 1.29 is 13.2 Å². The Balaban J connectivity index is 2.91. The molecule has 1 rings (SSSR count). The fourth-order valence-corrected chi connectivity index (χ4v) is 2.97. The highest BCUT2D eigenvalue weighted by Gasteiger charge is 2.38. The highest BCUT2D eigenvalue weighted by atomic mass is 32.2. The van der Waals surface area contributed by atoms with Gasteiger partial charge in [0.15, 0.2) is 0 Å². The SMILES string of the molecule is CC1CN(S(C)(=O)=O)C(C)(C)CO1. The zero-order chi connectivity index (χ0) is 10.3. The molecule has 0 aromatic rings. The maximum Gasteiger partial charge on any atom is 0.211 e. The van der Waals surface area contributed by atoms with E-state index in [0.717, 1.165) is 0 Å². The quantitative estimate of drug-likeness (QED) is 0.627. The van der Waals surface area contributed by atoms with Crippen LogP contribution in [0.3, 0.4) is 0 Å². The molecule has 0 aromatic carbocycles. The third kappa shape index (κ3) is 2.42. The van der Waals surface area contributed by atoms with Crippen molar-refractivity contribution in [3.8, 4) is 0 Å². The van der Waals surface area contributed by atoms with Gasteiger partial charge in [-0.05, 0) is 20.8 Å². The average Bonchev–Trinajstić information content (AvgIpc) is 1.92. The Labute approximate surface area is 79.9 Å². The van der Waals surface area contributed by atoms with Crippen LogP contribution in [-0.4, -0.2) is 43.8 Å². The number of sulfonamides is 1. The van der Waals surface area contributed by atoms with Gasteiger partial charge in [-0.15, -0.1) is 0 Å². The molecule has 0 amide bonds. The van der Waals surface area contributed by atoms with Gasteiger partial charge in [0, 0.05) is 6.54 Å². The molecule has 1 aliphatic rings. The van der Waals surface area contributed by atoms with E-state index in [2.05, 4.69) is 0 Å². The number of ether oxygens (including phenoxy) is 1. The van der Waals surface area contributed by atoms with Crippen molar-refractivity contribution in [3.63, 3.8) is 0 Å². The molecule has 5 heteroatoms. The molecule has 1 aliphatic heterocycles. The fraction of sp³-hybridized carbons (Fsp3) is 1.00. The zero-order valence-electron chi connectivity index (χ0n) is 8.57. The van der Waals surface area contributed by atoms with Gasteiger partial charge in [-0.1, -0.05) is 0 Å². The first kappa shape index (κ1) is 10.9. The summed E-state index contributed by atoms with van der Waals surface area (Å²) < 4.78 is 29.8. The molecule has 1 atom stereocenters. The van der Waals surface area contributed by atoms with Gasteiger partial charge in [0.1, 0.15) is 0 Å². The minimum Gasteiger partial charge on any atom is -0.375 e. The molecule has 4 nitrogen and oxygen atoms in total. The van der Waals surface area contributed by atoms with Gasteiger partial charge in [-0.25, -0.2) is 8.42 Å². The molecule has 1 saturated heterocycles. The van der Waals surface area contributed by atoms with Crippen LogP contribution in [0, 0.1) is 0 Å². The second-order valence-electron chi connectivity index (χ2n) is 4.23. The lowest BCUT2D eigenvalue weighted by Crippen LogP contribution is -2.57. The molecule has 0 saturated carbocycles. The summed E-state index contributed by atoms with van der Waals surface area (Å²) in [5.74, 6) is 0. The minimum atomic E-state index is -3.11. The Kier molecular flexibility index (Phi) is 2.71. The normalized spacial score (nSPS) is 30.3. The fourth-order valence-electron chi connectivity index (χ4n) is 1.54. The molecule has 0 bridgehead atoms. The highest BCUT2D eigenvalue weighted by Crippen LogP contribution is 2.24. The molecule has 13 heavy (non-hydrogen) atoms. The van der Waals surface area contributed by atoms with Crippen LogP contribution in [0.5, 0.6) is 0 Å². The van der Waals surface area contributed by atoms with Crippen molar-refractivity contribution in [1.82, 2.24) is 4.31 Å². The van der Waals surface area contributed by atoms with Crippen molar-refractivity contribution in [2.24, 2.45) is 0 Å². The number of nitrogens with zero attached hydrogens (tertiary/aromatic N) is 1. The highest BCUT2D eigenvalue weighted by molar-refractivity contribution is 7.88. The zero-order valence-corrected chi connectivity index (χ0v) is 9.39. The Morgan fingerprint density at radius 3 is 2.38 bits per heavy atom. The lowest BCUT2D eigenvalue weighted by atomic mass is 10.1. The van der Waals surface area contributed by atoms with E-state index in [0.29, 0.717) is 13.2 Å². The smallest absolute Gasteiger partial charge is 0.211 e. The topological polar surface area (TPSA) is 46.6 Å². The van der Waals surface area contributed by atoms with Crippen LogP contribution in [0.1, 0.15) is 20.8 Å². The maximum absolute atomic E-state index is 11.4. The molecule has 1 heterocycles. The molecule has 0 spiro atoms. The molecule has 0 aromatic heterocycles. The summed E-state index contributed by atoms with van der Waals surface area (Å²) in [5, 5.41) is 0. The lowest BCUT2D eigenvalue weighted by molar-refractivity contribution is -0.0548. The summed E-state index contributed by atoms with van der Waals surface area (Å²) in [6, 6.07) is 0. The van der Waals surface area contributed by atoms with Crippen molar-refractivity contribution in [3.05, 3.63) is 0 Å². The predicted molar refractivity (Wildman–Crippen MR) is 51.0 cm³/mol. The monoisotopic (exact) mass is 207 g/mol. The molecule has 1 fully saturated rings. The Bertz CT molecular complexity index is 284. The maximum atomic E-state index is 11.4. The van der Waals surface area contributed by atoms with E-state index in [9.17, 15) is 8.42 Å². The first-order chi connectivity index (χ1) is 5.73. The van der Waals surface area contributed by atoms with Crippen LogP contribution >= 0.6 is 0 Å². The summed E-state index contributed by atoms with van der Waals surface area (Å²) in [6.07, 6.45) is 1.23. The van der Waals surface area contributed by atoms with Crippen molar-refractivity contribution in [2.45, 2.75) is 32.4 Å². The number of hydrogen-bond donors (Lipinski definition) is 0. The summed E-state index contributed by atoms with van der Waals surface area (Å²) >= 11 is 0. The Morgan fingerprint density at radius 1 is 1.46 bits per heavy atom. The van der Waals surface area contributed by atoms with E-state index in [4.69, 9.17) is 4.74 Å². The van der Waals surface area contributed by atoms with E-state index in [1.807, 2.05) is 20.8 Å². The van der Waals surface area contributed by atoms with Gasteiger partial charge in [0.05, 0.1) is 24.5 Å². The summed E-state index contributed by atoms with van der Waals surface area (Å²) in [5.41, 5.74) is -0.417. The molecule has 1 unspecified atom stereocenters. The number of rotatable bonds is 1. The lowest BCUT2D eigenvalue weighted by Gasteiger charge is -2.42. The molecule has 0 radical (unpaired) electrons. The van der Waals surface area contributed by atoms with Gasteiger partial charge >= 0.3 is 0 Å². The number of hydrogen-bond acceptors (Lipinski definition) is 3. The van der Waals surface area contributed by atoms with Crippen LogP contribution in [-0.2, 0) is 14.8 Å². The predicted octanol–water partition coefficient (Wildman–Crippen LogP) is 0.445. The van der Waals surface area contributed by atoms with Gasteiger partial charge in [-0.3, -0.25) is 0 Å². The third-order valence-corrected chi connectivity index (χ3v) is 3.66. The largest absolute Gasteiger partial charge is 0.375 e. The molecule has 0 N–H and O–H groups in total.